The molecule has 0 saturated carbocycles. The van der Waals surface area contributed by atoms with Crippen LogP contribution in [0.5, 0.6) is 0 Å². The molecule has 0 unspecified atom stereocenters. The fourth-order valence-corrected chi connectivity index (χ4v) is 7.75. The minimum absolute atomic E-state index is 0.0986. The predicted octanol–water partition coefficient (Wildman–Crippen LogP) is 5.74. The molecule has 0 radical (unpaired) electrons. The van der Waals surface area contributed by atoms with E-state index >= 15 is 4.39 Å². The molecule has 2 aromatic carbocycles. The molecule has 5 rings (SSSR count). The molecule has 0 N–H and O–H groups in total. The Morgan fingerprint density at radius 2 is 1.73 bits per heavy atom. The van der Waals surface area contributed by atoms with Crippen molar-refractivity contribution in [1.29, 1.82) is 0 Å². The number of hydrogen-bond acceptors (Lipinski definition) is 5. The molecule has 37 heavy (non-hydrogen) atoms. The van der Waals surface area contributed by atoms with Crippen molar-refractivity contribution in [2.45, 2.75) is 54.7 Å². The molecule has 3 heterocycles. The van der Waals surface area contributed by atoms with Crippen molar-refractivity contribution in [3.8, 4) is 0 Å². The maximum atomic E-state index is 15.9. The van der Waals surface area contributed by atoms with E-state index in [1.807, 2.05) is 45.0 Å². The van der Waals surface area contributed by atoms with Crippen LogP contribution in [0.25, 0.3) is 0 Å². The minimum Gasteiger partial charge on any atom is -0.381 e. The molecule has 0 aliphatic carbocycles. The minimum atomic E-state index is -3.95. The van der Waals surface area contributed by atoms with Crippen molar-refractivity contribution >= 4 is 33.2 Å². The van der Waals surface area contributed by atoms with Crippen LogP contribution in [0.3, 0.4) is 0 Å². The lowest BCUT2D eigenvalue weighted by Gasteiger charge is -2.43. The zero-order valence-electron chi connectivity index (χ0n) is 20.9. The van der Waals surface area contributed by atoms with Crippen LogP contribution in [0.1, 0.15) is 56.3 Å². The van der Waals surface area contributed by atoms with E-state index in [1.165, 1.54) is 41.4 Å². The summed E-state index contributed by atoms with van der Waals surface area (Å²) in [5.74, 6) is -1.13. The normalized spacial score (nSPS) is 20.9. The predicted molar refractivity (Wildman–Crippen MR) is 140 cm³/mol. The number of hydrogen-bond donors (Lipinski definition) is 0. The molecule has 2 aliphatic rings. The first kappa shape index (κ1) is 25.8. The maximum Gasteiger partial charge on any atom is 0.238 e. The van der Waals surface area contributed by atoms with Gasteiger partial charge in [-0.3, -0.25) is 9.69 Å². The van der Waals surface area contributed by atoms with Crippen molar-refractivity contribution in [3.63, 3.8) is 0 Å². The first-order chi connectivity index (χ1) is 17.5. The molecule has 0 bridgehead atoms. The first-order valence-electron chi connectivity index (χ1n) is 12.2. The average Bonchev–Trinajstić information content (AvgIpc) is 2.89. The summed E-state index contributed by atoms with van der Waals surface area (Å²) in [5.41, 5.74) is 1.18. The highest BCUT2D eigenvalue weighted by Gasteiger charge is 2.49. The summed E-state index contributed by atoms with van der Waals surface area (Å²) in [6.07, 6.45) is 1.69. The Bertz CT molecular complexity index is 1470. The Kier molecular flexibility index (Phi) is 6.41. The third kappa shape index (κ3) is 3.97. The van der Waals surface area contributed by atoms with E-state index in [0.29, 0.717) is 5.02 Å². The Balaban J connectivity index is 1.61. The molecule has 1 atom stereocenters. The van der Waals surface area contributed by atoms with E-state index in [4.69, 9.17) is 16.3 Å². The number of carbonyl (C=O) groups is 1. The molecule has 9 heteroatoms. The van der Waals surface area contributed by atoms with Crippen LogP contribution >= 0.6 is 11.6 Å². The Morgan fingerprint density at radius 1 is 1.08 bits per heavy atom. The number of aromatic nitrogens is 1. The number of anilines is 1. The van der Waals surface area contributed by atoms with Crippen molar-refractivity contribution in [1.82, 2.24) is 4.98 Å². The SMILES string of the molecule is C[C@@H]1c2ccccc2C(C)(C)C(=O)N1c1ncc(C2(S(=O)(=O)c3ccc(Cl)cc3)CCOCC2)cc1F. The van der Waals surface area contributed by atoms with Gasteiger partial charge in [-0.1, -0.05) is 35.9 Å². The third-order valence-electron chi connectivity index (χ3n) is 7.74. The second kappa shape index (κ2) is 9.19. The topological polar surface area (TPSA) is 76.6 Å². The first-order valence-corrected chi connectivity index (χ1v) is 14.0. The van der Waals surface area contributed by atoms with Gasteiger partial charge in [-0.25, -0.2) is 17.8 Å². The Hall–Kier alpha value is -2.81. The van der Waals surface area contributed by atoms with Crippen molar-refractivity contribution in [3.05, 3.63) is 88.3 Å². The summed E-state index contributed by atoms with van der Waals surface area (Å²) in [7, 11) is -3.95. The van der Waals surface area contributed by atoms with Gasteiger partial charge in [-0.2, -0.15) is 0 Å². The van der Waals surface area contributed by atoms with Crippen LogP contribution in [0, 0.1) is 5.82 Å². The lowest BCUT2D eigenvalue weighted by Crippen LogP contribution is -2.50. The quantitative estimate of drug-likeness (QED) is 0.420. The van der Waals surface area contributed by atoms with Crippen LogP contribution in [0.2, 0.25) is 5.02 Å². The van der Waals surface area contributed by atoms with E-state index in [9.17, 15) is 13.2 Å². The third-order valence-corrected chi connectivity index (χ3v) is 10.6. The second-order valence-corrected chi connectivity index (χ2v) is 12.9. The lowest BCUT2D eigenvalue weighted by atomic mass is 9.75. The van der Waals surface area contributed by atoms with Crippen molar-refractivity contribution in [2.75, 3.05) is 18.1 Å². The smallest absolute Gasteiger partial charge is 0.238 e. The number of benzene rings is 2. The van der Waals surface area contributed by atoms with E-state index < -0.39 is 31.9 Å². The van der Waals surface area contributed by atoms with Crippen LogP contribution in [0.4, 0.5) is 10.2 Å². The van der Waals surface area contributed by atoms with Crippen molar-refractivity contribution in [2.24, 2.45) is 0 Å². The molecule has 1 amide bonds. The number of pyridine rings is 1. The molecule has 3 aromatic rings. The standard InChI is InChI=1S/C28H28ClFN2O4S/c1-18-22-6-4-5-7-23(22)27(2,3)26(33)32(18)25-24(30)16-19(17-31-25)28(12-14-36-15-13-28)37(34,35)21-10-8-20(29)9-11-21/h4-11,16-18H,12-15H2,1-3H3/t18-/m1/s1. The zero-order chi connectivity index (χ0) is 26.6. The van der Waals surface area contributed by atoms with Gasteiger partial charge in [0.05, 0.1) is 16.4 Å². The Morgan fingerprint density at radius 3 is 2.38 bits per heavy atom. The largest absolute Gasteiger partial charge is 0.381 e. The van der Waals surface area contributed by atoms with Crippen LogP contribution in [-0.2, 0) is 29.5 Å². The fraction of sp³-hybridized carbons (Fsp3) is 0.357. The van der Waals surface area contributed by atoms with E-state index in [1.54, 1.807) is 0 Å². The van der Waals surface area contributed by atoms with E-state index in [2.05, 4.69) is 4.98 Å². The zero-order valence-corrected chi connectivity index (χ0v) is 22.4. The molecular weight excluding hydrogens is 515 g/mol. The van der Waals surface area contributed by atoms with Gasteiger partial charge in [0.25, 0.3) is 0 Å². The number of nitrogens with zero attached hydrogens (tertiary/aromatic N) is 2. The lowest BCUT2D eigenvalue weighted by molar-refractivity contribution is -0.124. The van der Waals surface area contributed by atoms with Crippen LogP contribution < -0.4 is 4.90 Å². The van der Waals surface area contributed by atoms with Crippen LogP contribution in [0.15, 0.2) is 65.7 Å². The van der Waals surface area contributed by atoms with Gasteiger partial charge in [0.1, 0.15) is 4.75 Å². The van der Waals surface area contributed by atoms with E-state index in [0.717, 1.165) is 11.1 Å². The second-order valence-electron chi connectivity index (χ2n) is 10.2. The number of fused-ring (bicyclic) bond motifs is 1. The summed E-state index contributed by atoms with van der Waals surface area (Å²) in [4.78, 5) is 19.5. The summed E-state index contributed by atoms with van der Waals surface area (Å²) in [6.45, 7) is 5.89. The highest BCUT2D eigenvalue weighted by molar-refractivity contribution is 7.92. The number of amides is 1. The van der Waals surface area contributed by atoms with Gasteiger partial charge in [-0.15, -0.1) is 0 Å². The number of ether oxygens (including phenoxy) is 1. The number of rotatable bonds is 4. The summed E-state index contributed by atoms with van der Waals surface area (Å²) >= 11 is 5.98. The molecule has 0 spiro atoms. The summed E-state index contributed by atoms with van der Waals surface area (Å²) in [6, 6.07) is 14.4. The van der Waals surface area contributed by atoms with E-state index in [-0.39, 0.29) is 48.2 Å². The Labute approximate surface area is 221 Å². The maximum absolute atomic E-state index is 15.9. The highest BCUT2D eigenvalue weighted by atomic mass is 35.5. The van der Waals surface area contributed by atoms with Gasteiger partial charge in [0.15, 0.2) is 21.5 Å². The monoisotopic (exact) mass is 542 g/mol. The average molecular weight is 543 g/mol. The van der Waals surface area contributed by atoms with Gasteiger partial charge in [0, 0.05) is 24.4 Å². The molecule has 1 fully saturated rings. The molecular formula is C28H28ClFN2O4S. The van der Waals surface area contributed by atoms with Crippen LogP contribution in [-0.4, -0.2) is 32.5 Å². The van der Waals surface area contributed by atoms with Gasteiger partial charge in [-0.05, 0) is 80.6 Å². The molecule has 1 aromatic heterocycles. The molecule has 194 valence electrons. The summed E-state index contributed by atoms with van der Waals surface area (Å²) < 4.78 is 47.8. The summed E-state index contributed by atoms with van der Waals surface area (Å²) in [5, 5.41) is 0.418. The number of carbonyl (C=O) groups excluding carboxylic acids is 1. The fourth-order valence-electron chi connectivity index (χ4n) is 5.55. The molecule has 1 saturated heterocycles. The van der Waals surface area contributed by atoms with Crippen molar-refractivity contribution < 1.29 is 22.3 Å². The number of halogens is 2. The van der Waals surface area contributed by atoms with Gasteiger partial charge >= 0.3 is 0 Å². The van der Waals surface area contributed by atoms with Gasteiger partial charge < -0.3 is 4.74 Å². The molecule has 2 aliphatic heterocycles. The highest BCUT2D eigenvalue weighted by Crippen LogP contribution is 2.46. The number of sulfone groups is 1. The van der Waals surface area contributed by atoms with Gasteiger partial charge in [0.2, 0.25) is 5.91 Å². The molecule has 6 nitrogen and oxygen atoms in total.